The van der Waals surface area contributed by atoms with Gasteiger partial charge in [0.1, 0.15) is 23.9 Å². The lowest BCUT2D eigenvalue weighted by Crippen LogP contribution is -2.59. The Kier molecular flexibility index (Phi) is 14.1. The molecule has 1 fully saturated rings. The third-order valence-corrected chi connectivity index (χ3v) is 8.98. The molecule has 6 N–H and O–H groups in total. The third-order valence-electron chi connectivity index (χ3n) is 8.98. The largest absolute Gasteiger partial charge is 0.459 e. The Balaban J connectivity index is 2.88. The Labute approximate surface area is 246 Å². The Morgan fingerprint density at radius 2 is 1.68 bits per heavy atom. The van der Waals surface area contributed by atoms with Crippen LogP contribution in [-0.4, -0.2) is 121 Å². The minimum absolute atomic E-state index is 0.0149. The second kappa shape index (κ2) is 15.2. The lowest BCUT2D eigenvalue weighted by Gasteiger charge is -2.43. The van der Waals surface area contributed by atoms with Crippen molar-refractivity contribution in [2.45, 2.75) is 161 Å². The van der Waals surface area contributed by atoms with Crippen molar-refractivity contribution in [3.63, 3.8) is 0 Å². The van der Waals surface area contributed by atoms with Gasteiger partial charge >= 0.3 is 5.97 Å². The van der Waals surface area contributed by atoms with Crippen LogP contribution in [0, 0.1) is 11.8 Å². The zero-order valence-corrected chi connectivity index (χ0v) is 27.1. The molecule has 244 valence electrons. The van der Waals surface area contributed by atoms with Gasteiger partial charge in [-0.25, -0.2) is 0 Å². The molecule has 11 heteroatoms. The van der Waals surface area contributed by atoms with E-state index in [1.807, 2.05) is 18.7 Å². The molecule has 4 unspecified atom stereocenters. The molecule has 0 bridgehead atoms. The fourth-order valence-electron chi connectivity index (χ4n) is 5.70. The molecular formula is C30H59NO10. The Morgan fingerprint density at radius 1 is 1.12 bits per heavy atom. The summed E-state index contributed by atoms with van der Waals surface area (Å²) in [5.41, 5.74) is -4.42. The van der Waals surface area contributed by atoms with Crippen molar-refractivity contribution in [3.05, 3.63) is 0 Å². The lowest BCUT2D eigenvalue weighted by atomic mass is 9.85. The SMILES string of the molecule is CC[C@H](O[C@H]1C[C@@](C)(O)[C@@H](O)C(C)O1)C(C)C(=O)O[C@H](CC)[C@@](C)(O)C(O)C(C)N(C)C[C@H](C)C[C@@](C)(O)[C@@H](C)O. The van der Waals surface area contributed by atoms with E-state index >= 15 is 0 Å². The Morgan fingerprint density at radius 3 is 2.15 bits per heavy atom. The van der Waals surface area contributed by atoms with Crippen LogP contribution in [0.25, 0.3) is 0 Å². The molecule has 0 aromatic carbocycles. The number of carbonyl (C=O) groups is 1. The molecule has 1 heterocycles. The molecule has 0 radical (unpaired) electrons. The second-order valence-electron chi connectivity index (χ2n) is 13.2. The minimum atomic E-state index is -1.77. The second-order valence-corrected chi connectivity index (χ2v) is 13.2. The first-order valence-electron chi connectivity index (χ1n) is 15.0. The number of rotatable bonds is 16. The molecule has 0 amide bonds. The molecule has 1 rings (SSSR count). The van der Waals surface area contributed by atoms with Gasteiger partial charge < -0.3 is 49.7 Å². The van der Waals surface area contributed by atoms with Crippen LogP contribution in [-0.2, 0) is 19.0 Å². The maximum atomic E-state index is 13.2. The predicted molar refractivity (Wildman–Crippen MR) is 155 cm³/mol. The van der Waals surface area contributed by atoms with E-state index in [0.29, 0.717) is 19.4 Å². The number of hydrogen-bond donors (Lipinski definition) is 6. The maximum Gasteiger partial charge on any atom is 0.311 e. The van der Waals surface area contributed by atoms with Crippen LogP contribution >= 0.6 is 0 Å². The molecule has 0 aromatic rings. The highest BCUT2D eigenvalue weighted by atomic mass is 16.7. The molecular weight excluding hydrogens is 534 g/mol. The fourth-order valence-corrected chi connectivity index (χ4v) is 5.70. The number of ether oxygens (including phenoxy) is 3. The van der Waals surface area contributed by atoms with Gasteiger partial charge in [0.25, 0.3) is 0 Å². The highest BCUT2D eigenvalue weighted by Crippen LogP contribution is 2.32. The first-order chi connectivity index (χ1) is 18.6. The van der Waals surface area contributed by atoms with Gasteiger partial charge in [0.05, 0.1) is 35.4 Å². The lowest BCUT2D eigenvalue weighted by molar-refractivity contribution is -0.287. The first kappa shape index (κ1) is 38.1. The molecule has 1 aliphatic rings. The summed E-state index contributed by atoms with van der Waals surface area (Å²) >= 11 is 0. The van der Waals surface area contributed by atoms with E-state index in [-0.39, 0.29) is 18.8 Å². The van der Waals surface area contributed by atoms with Gasteiger partial charge in [-0.3, -0.25) is 4.79 Å². The molecule has 1 aliphatic heterocycles. The smallest absolute Gasteiger partial charge is 0.311 e. The molecule has 0 aromatic heterocycles. The summed E-state index contributed by atoms with van der Waals surface area (Å²) < 4.78 is 17.5. The van der Waals surface area contributed by atoms with Crippen LogP contribution in [0.1, 0.15) is 94.9 Å². The maximum absolute atomic E-state index is 13.2. The zero-order chi connectivity index (χ0) is 32.1. The molecule has 13 atom stereocenters. The van der Waals surface area contributed by atoms with Gasteiger partial charge in [0.2, 0.25) is 0 Å². The highest BCUT2D eigenvalue weighted by Gasteiger charge is 2.47. The Bertz CT molecular complexity index is 804. The molecule has 0 saturated carbocycles. The van der Waals surface area contributed by atoms with Crippen molar-refractivity contribution in [3.8, 4) is 0 Å². The van der Waals surface area contributed by atoms with Crippen molar-refractivity contribution in [2.75, 3.05) is 13.6 Å². The molecule has 1 saturated heterocycles. The summed E-state index contributed by atoms with van der Waals surface area (Å²) in [5.74, 6) is -1.35. The van der Waals surface area contributed by atoms with Gasteiger partial charge in [-0.05, 0) is 80.7 Å². The summed E-state index contributed by atoms with van der Waals surface area (Å²) in [5, 5.41) is 63.6. The van der Waals surface area contributed by atoms with Crippen LogP contribution in [0.3, 0.4) is 0 Å². The van der Waals surface area contributed by atoms with E-state index in [1.54, 1.807) is 48.6 Å². The molecule has 0 spiro atoms. The predicted octanol–water partition coefficient (Wildman–Crippen LogP) is 1.58. The number of carbonyl (C=O) groups excluding carboxylic acids is 1. The van der Waals surface area contributed by atoms with E-state index < -0.39 is 77.6 Å². The van der Waals surface area contributed by atoms with E-state index in [9.17, 15) is 35.4 Å². The first-order valence-corrected chi connectivity index (χ1v) is 15.0. The Hall–Kier alpha value is -0.890. The highest BCUT2D eigenvalue weighted by molar-refractivity contribution is 5.73. The van der Waals surface area contributed by atoms with Gasteiger partial charge in [0, 0.05) is 19.0 Å². The fraction of sp³-hybridized carbons (Fsp3) is 0.967. The number of aliphatic hydroxyl groups excluding tert-OH is 3. The van der Waals surface area contributed by atoms with Crippen molar-refractivity contribution >= 4 is 5.97 Å². The van der Waals surface area contributed by atoms with Crippen molar-refractivity contribution in [1.29, 1.82) is 0 Å². The summed E-state index contributed by atoms with van der Waals surface area (Å²) in [7, 11) is 1.81. The number of hydrogen-bond acceptors (Lipinski definition) is 11. The van der Waals surface area contributed by atoms with Crippen LogP contribution in [0.4, 0.5) is 0 Å². The van der Waals surface area contributed by atoms with Crippen LogP contribution in [0.5, 0.6) is 0 Å². The molecule has 0 aliphatic carbocycles. The minimum Gasteiger partial charge on any atom is -0.459 e. The third kappa shape index (κ3) is 10.1. The van der Waals surface area contributed by atoms with Crippen LogP contribution in [0.15, 0.2) is 0 Å². The monoisotopic (exact) mass is 593 g/mol. The summed E-state index contributed by atoms with van der Waals surface area (Å²) in [6, 6.07) is -0.519. The van der Waals surface area contributed by atoms with Crippen molar-refractivity contribution in [1.82, 2.24) is 4.90 Å². The van der Waals surface area contributed by atoms with E-state index in [0.717, 1.165) is 0 Å². The zero-order valence-electron chi connectivity index (χ0n) is 27.1. The summed E-state index contributed by atoms with van der Waals surface area (Å²) in [6.07, 6.45) is -5.21. The van der Waals surface area contributed by atoms with Crippen LogP contribution < -0.4 is 0 Å². The van der Waals surface area contributed by atoms with E-state index in [2.05, 4.69) is 0 Å². The summed E-state index contributed by atoms with van der Waals surface area (Å²) in [4.78, 5) is 15.1. The molecule has 41 heavy (non-hydrogen) atoms. The molecule has 11 nitrogen and oxygen atoms in total. The summed E-state index contributed by atoms with van der Waals surface area (Å²) in [6.45, 7) is 17.2. The van der Waals surface area contributed by atoms with Gasteiger partial charge in [-0.1, -0.05) is 20.8 Å². The van der Waals surface area contributed by atoms with Gasteiger partial charge in [-0.2, -0.15) is 0 Å². The normalized spacial score (nSPS) is 31.7. The van der Waals surface area contributed by atoms with Gasteiger partial charge in [0.15, 0.2) is 6.29 Å². The topological polar surface area (TPSA) is 169 Å². The average molecular weight is 594 g/mol. The number of esters is 1. The van der Waals surface area contributed by atoms with Gasteiger partial charge in [-0.15, -0.1) is 0 Å². The number of likely N-dealkylation sites (N-methyl/N-ethyl adjacent to an activating group) is 1. The average Bonchev–Trinajstić information content (AvgIpc) is 2.86. The quantitative estimate of drug-likeness (QED) is 0.144. The number of nitrogens with zero attached hydrogens (tertiary/aromatic N) is 1. The van der Waals surface area contributed by atoms with E-state index in [1.165, 1.54) is 13.8 Å². The van der Waals surface area contributed by atoms with E-state index in [4.69, 9.17) is 14.2 Å². The van der Waals surface area contributed by atoms with Crippen molar-refractivity contribution < 1.29 is 49.6 Å². The van der Waals surface area contributed by atoms with Crippen molar-refractivity contribution in [2.24, 2.45) is 11.8 Å². The standard InChI is InChI=1S/C30H59NO10/c1-12-22(40-24-15-29(9,37)26(34)20(6)39-24)18(4)27(35)41-23(13-2)30(10,38)25(33)19(5)31(11)16-17(3)14-28(8,36)21(7)32/h17-26,32-34,36-38H,12-16H2,1-11H3/t17-,18?,19?,20?,21-,22+,23-,24+,25?,26+,28-,29-,30-/m1/s1. The number of aliphatic hydroxyl groups is 6. The van der Waals surface area contributed by atoms with Crippen LogP contribution in [0.2, 0.25) is 0 Å².